The van der Waals surface area contributed by atoms with E-state index < -0.39 is 6.09 Å². The molecule has 0 aliphatic rings. The van der Waals surface area contributed by atoms with Crippen LogP contribution in [-0.2, 0) is 4.74 Å². The molecule has 3 N–H and O–H groups in total. The molecule has 86 valence electrons. The van der Waals surface area contributed by atoms with E-state index in [0.29, 0.717) is 5.56 Å². The highest BCUT2D eigenvalue weighted by Gasteiger charge is 2.07. The Kier molecular flexibility index (Phi) is 5.03. The van der Waals surface area contributed by atoms with Crippen molar-refractivity contribution in [3.63, 3.8) is 0 Å². The van der Waals surface area contributed by atoms with E-state index in [1.54, 1.807) is 12.1 Å². The van der Waals surface area contributed by atoms with Gasteiger partial charge in [-0.2, -0.15) is 0 Å². The number of halogens is 1. The second kappa shape index (κ2) is 6.31. The molecule has 2 amide bonds. The highest BCUT2D eigenvalue weighted by Crippen LogP contribution is 2.10. The van der Waals surface area contributed by atoms with Gasteiger partial charge in [-0.25, -0.2) is 4.79 Å². The van der Waals surface area contributed by atoms with Crippen molar-refractivity contribution in [2.45, 2.75) is 0 Å². The Morgan fingerprint density at radius 2 is 2.06 bits per heavy atom. The zero-order chi connectivity index (χ0) is 12.0. The first kappa shape index (κ1) is 12.8. The maximum absolute atomic E-state index is 11.6. The molecule has 0 bridgehead atoms. The highest BCUT2D eigenvalue weighted by molar-refractivity contribution is 14.1. The zero-order valence-electron chi connectivity index (χ0n) is 8.40. The third kappa shape index (κ3) is 4.05. The SMILES string of the molecule is NC(=O)OCCNC(=O)c1ccccc1I. The van der Waals surface area contributed by atoms with Crippen molar-refractivity contribution < 1.29 is 14.3 Å². The average molecular weight is 334 g/mol. The molecule has 0 unspecified atom stereocenters. The van der Waals surface area contributed by atoms with E-state index in [0.717, 1.165) is 3.57 Å². The normalized spacial score (nSPS) is 9.56. The molecule has 6 heteroatoms. The van der Waals surface area contributed by atoms with Gasteiger partial charge in [-0.1, -0.05) is 12.1 Å². The molecule has 0 aromatic heterocycles. The van der Waals surface area contributed by atoms with E-state index in [4.69, 9.17) is 5.73 Å². The lowest BCUT2D eigenvalue weighted by Gasteiger charge is -2.06. The van der Waals surface area contributed by atoms with Gasteiger partial charge in [0.05, 0.1) is 12.1 Å². The minimum atomic E-state index is -0.844. The van der Waals surface area contributed by atoms with Crippen molar-refractivity contribution in [3.05, 3.63) is 33.4 Å². The number of carbonyl (C=O) groups is 2. The van der Waals surface area contributed by atoms with Gasteiger partial charge in [0, 0.05) is 3.57 Å². The predicted molar refractivity (Wildman–Crippen MR) is 67.0 cm³/mol. The number of benzene rings is 1. The lowest BCUT2D eigenvalue weighted by Crippen LogP contribution is -2.29. The Balaban J connectivity index is 2.41. The van der Waals surface area contributed by atoms with Crippen LogP contribution in [0, 0.1) is 3.57 Å². The van der Waals surface area contributed by atoms with Crippen LogP contribution in [0.3, 0.4) is 0 Å². The van der Waals surface area contributed by atoms with Crippen molar-refractivity contribution in [1.29, 1.82) is 0 Å². The Hall–Kier alpha value is -1.31. The number of hydrogen-bond donors (Lipinski definition) is 2. The number of nitrogens with two attached hydrogens (primary N) is 1. The summed E-state index contributed by atoms with van der Waals surface area (Å²) in [6, 6.07) is 7.22. The van der Waals surface area contributed by atoms with Crippen LogP contribution in [0.25, 0.3) is 0 Å². The van der Waals surface area contributed by atoms with Crippen LogP contribution in [0.1, 0.15) is 10.4 Å². The van der Waals surface area contributed by atoms with E-state index in [1.165, 1.54) is 0 Å². The van der Waals surface area contributed by atoms with E-state index in [1.807, 2.05) is 12.1 Å². The second-order valence-corrected chi connectivity index (χ2v) is 4.07. The van der Waals surface area contributed by atoms with Gasteiger partial charge in [-0.3, -0.25) is 4.79 Å². The van der Waals surface area contributed by atoms with Crippen LogP contribution in [-0.4, -0.2) is 25.2 Å². The monoisotopic (exact) mass is 334 g/mol. The molecule has 0 spiro atoms. The number of primary amides is 1. The van der Waals surface area contributed by atoms with Crippen LogP contribution < -0.4 is 11.1 Å². The van der Waals surface area contributed by atoms with Crippen LogP contribution in [0.5, 0.6) is 0 Å². The minimum absolute atomic E-state index is 0.0739. The zero-order valence-corrected chi connectivity index (χ0v) is 10.6. The van der Waals surface area contributed by atoms with Gasteiger partial charge in [0.1, 0.15) is 6.61 Å². The predicted octanol–water partition coefficient (Wildman–Crippen LogP) is 1.12. The lowest BCUT2D eigenvalue weighted by atomic mass is 10.2. The van der Waals surface area contributed by atoms with Gasteiger partial charge >= 0.3 is 6.09 Å². The molecule has 0 saturated heterocycles. The molecule has 1 aromatic rings. The lowest BCUT2D eigenvalue weighted by molar-refractivity contribution is 0.0936. The van der Waals surface area contributed by atoms with E-state index >= 15 is 0 Å². The van der Waals surface area contributed by atoms with Crippen molar-refractivity contribution in [1.82, 2.24) is 5.32 Å². The second-order valence-electron chi connectivity index (χ2n) is 2.90. The summed E-state index contributed by atoms with van der Waals surface area (Å²) in [4.78, 5) is 21.9. The van der Waals surface area contributed by atoms with Crippen LogP contribution in [0.15, 0.2) is 24.3 Å². The number of rotatable bonds is 4. The Morgan fingerprint density at radius 1 is 1.38 bits per heavy atom. The topological polar surface area (TPSA) is 81.4 Å². The first-order valence-corrected chi connectivity index (χ1v) is 5.64. The smallest absolute Gasteiger partial charge is 0.404 e. The van der Waals surface area contributed by atoms with Gasteiger partial charge in [0.25, 0.3) is 5.91 Å². The average Bonchev–Trinajstić information content (AvgIpc) is 2.24. The van der Waals surface area contributed by atoms with Gasteiger partial charge in [-0.15, -0.1) is 0 Å². The number of carbonyl (C=O) groups excluding carboxylic acids is 2. The summed E-state index contributed by atoms with van der Waals surface area (Å²) in [5, 5.41) is 2.62. The summed E-state index contributed by atoms with van der Waals surface area (Å²) in [6.45, 7) is 0.317. The summed E-state index contributed by atoms with van der Waals surface area (Å²) in [7, 11) is 0. The largest absolute Gasteiger partial charge is 0.448 e. The van der Waals surface area contributed by atoms with Crippen molar-refractivity contribution in [3.8, 4) is 0 Å². The maximum atomic E-state index is 11.6. The maximum Gasteiger partial charge on any atom is 0.404 e. The first-order valence-electron chi connectivity index (χ1n) is 4.56. The first-order chi connectivity index (χ1) is 7.61. The fourth-order valence-electron chi connectivity index (χ4n) is 1.06. The Morgan fingerprint density at radius 3 is 2.69 bits per heavy atom. The summed E-state index contributed by atoms with van der Waals surface area (Å²) in [5.74, 6) is -0.196. The van der Waals surface area contributed by atoms with E-state index in [2.05, 4.69) is 32.6 Å². The molecule has 0 aliphatic carbocycles. The van der Waals surface area contributed by atoms with Crippen LogP contribution in [0.2, 0.25) is 0 Å². The Labute approximate surface area is 106 Å². The van der Waals surface area contributed by atoms with Crippen molar-refractivity contribution in [2.24, 2.45) is 5.73 Å². The molecule has 16 heavy (non-hydrogen) atoms. The Bertz CT molecular complexity index is 395. The highest BCUT2D eigenvalue weighted by atomic mass is 127. The van der Waals surface area contributed by atoms with E-state index in [-0.39, 0.29) is 19.1 Å². The molecule has 0 fully saturated rings. The molecule has 0 heterocycles. The van der Waals surface area contributed by atoms with E-state index in [9.17, 15) is 9.59 Å². The van der Waals surface area contributed by atoms with Crippen LogP contribution in [0.4, 0.5) is 4.79 Å². The summed E-state index contributed by atoms with van der Waals surface area (Å²) in [6.07, 6.45) is -0.844. The van der Waals surface area contributed by atoms with Gasteiger partial charge in [0.15, 0.2) is 0 Å². The number of ether oxygens (including phenoxy) is 1. The minimum Gasteiger partial charge on any atom is -0.448 e. The quantitative estimate of drug-likeness (QED) is 0.639. The molecule has 0 atom stereocenters. The summed E-state index contributed by atoms with van der Waals surface area (Å²) in [5.41, 5.74) is 5.37. The molecule has 1 rings (SSSR count). The number of hydrogen-bond acceptors (Lipinski definition) is 3. The third-order valence-corrected chi connectivity index (χ3v) is 2.69. The number of nitrogens with one attached hydrogen (secondary N) is 1. The van der Waals surface area contributed by atoms with Gasteiger partial charge in [0.2, 0.25) is 0 Å². The molecule has 5 nitrogen and oxygen atoms in total. The summed E-state index contributed by atoms with van der Waals surface area (Å²) >= 11 is 2.08. The standard InChI is InChI=1S/C10H11IN2O3/c11-8-4-2-1-3-7(8)9(14)13-5-6-16-10(12)15/h1-4H,5-6H2,(H2,12,15)(H,13,14). The molecule has 0 aliphatic heterocycles. The number of amides is 2. The third-order valence-electron chi connectivity index (χ3n) is 1.75. The molecule has 0 saturated carbocycles. The molecular formula is C10H11IN2O3. The molecule has 1 aromatic carbocycles. The van der Waals surface area contributed by atoms with Gasteiger partial charge in [-0.05, 0) is 34.7 Å². The summed E-state index contributed by atoms with van der Waals surface area (Å²) < 4.78 is 5.35. The van der Waals surface area contributed by atoms with Crippen LogP contribution >= 0.6 is 22.6 Å². The fourth-order valence-corrected chi connectivity index (χ4v) is 1.69. The van der Waals surface area contributed by atoms with Crippen molar-refractivity contribution in [2.75, 3.05) is 13.2 Å². The van der Waals surface area contributed by atoms with Gasteiger partial charge < -0.3 is 15.8 Å². The fraction of sp³-hybridized carbons (Fsp3) is 0.200. The van der Waals surface area contributed by atoms with Crippen molar-refractivity contribution >= 4 is 34.6 Å². The molecule has 0 radical (unpaired) electrons. The molecular weight excluding hydrogens is 323 g/mol.